The number of hydrogen-bond donors (Lipinski definition) is 2. The second kappa shape index (κ2) is 11.0. The zero-order valence-corrected chi connectivity index (χ0v) is 21.0. The summed E-state index contributed by atoms with van der Waals surface area (Å²) in [6, 6.07) is 9.36. The smallest absolute Gasteiger partial charge is 0.319 e. The van der Waals surface area contributed by atoms with Crippen LogP contribution in [0.15, 0.2) is 30.3 Å². The maximum atomic E-state index is 13.2. The highest BCUT2D eigenvalue weighted by Gasteiger charge is 2.25. The zero-order valence-electron chi connectivity index (χ0n) is 21.0. The number of likely N-dealkylation sites (N-methyl/N-ethyl adjacent to an activating group) is 2. The molecule has 10 heteroatoms. The number of nitrogens with zero attached hydrogens (tertiary/aromatic N) is 5. The van der Waals surface area contributed by atoms with Crippen molar-refractivity contribution in [1.29, 1.82) is 0 Å². The Balaban J connectivity index is 1.59. The molecule has 188 valence electrons. The molecular weight excluding hydrogens is 446 g/mol. The summed E-state index contributed by atoms with van der Waals surface area (Å²) in [6.45, 7) is 5.35. The molecule has 1 aliphatic carbocycles. The second-order valence-corrected chi connectivity index (χ2v) is 9.53. The van der Waals surface area contributed by atoms with Gasteiger partial charge < -0.3 is 30.1 Å². The van der Waals surface area contributed by atoms with E-state index in [0.717, 1.165) is 24.9 Å². The van der Waals surface area contributed by atoms with Crippen LogP contribution in [-0.4, -0.2) is 97.8 Å². The molecule has 0 bridgehead atoms. The van der Waals surface area contributed by atoms with E-state index < -0.39 is 0 Å². The Kier molecular flexibility index (Phi) is 7.82. The standard InChI is InChI=1S/C25H35N7O3/c1-17-16-35-14-13-32(17)22-15-21(24(33)31(4)12-11-30(2)3)28-23(29-22)18-5-7-19(8-6-18)26-25(34)27-20-9-10-20/h5-8,15,17,20H,9-14,16H2,1-4H3,(H2,26,27,34)/t17-/m0/s1. The Hall–Kier alpha value is -3.24. The van der Waals surface area contributed by atoms with E-state index in [1.807, 2.05) is 43.3 Å². The highest BCUT2D eigenvalue weighted by atomic mass is 16.5. The summed E-state index contributed by atoms with van der Waals surface area (Å²) in [5.74, 6) is 1.04. The molecule has 4 rings (SSSR count). The Morgan fingerprint density at radius 3 is 2.51 bits per heavy atom. The van der Waals surface area contributed by atoms with Crippen molar-refractivity contribution in [1.82, 2.24) is 25.1 Å². The van der Waals surface area contributed by atoms with Crippen molar-refractivity contribution in [3.8, 4) is 11.4 Å². The first kappa shape index (κ1) is 24.9. The fourth-order valence-electron chi connectivity index (χ4n) is 3.82. The van der Waals surface area contributed by atoms with E-state index in [9.17, 15) is 9.59 Å². The first-order valence-corrected chi connectivity index (χ1v) is 12.1. The summed E-state index contributed by atoms with van der Waals surface area (Å²) >= 11 is 0. The molecule has 2 fully saturated rings. The number of anilines is 2. The SMILES string of the molecule is C[C@H]1COCCN1c1cc(C(=O)N(C)CCN(C)C)nc(-c2ccc(NC(=O)NC3CC3)cc2)n1. The van der Waals surface area contributed by atoms with Crippen LogP contribution in [0.5, 0.6) is 0 Å². The average Bonchev–Trinajstić information content (AvgIpc) is 3.66. The molecule has 10 nitrogen and oxygen atoms in total. The van der Waals surface area contributed by atoms with Gasteiger partial charge >= 0.3 is 6.03 Å². The van der Waals surface area contributed by atoms with Crippen molar-refractivity contribution in [3.63, 3.8) is 0 Å². The number of rotatable bonds is 8. The molecule has 2 heterocycles. The van der Waals surface area contributed by atoms with Crippen LogP contribution in [0.25, 0.3) is 11.4 Å². The average molecular weight is 482 g/mol. The van der Waals surface area contributed by atoms with E-state index in [1.54, 1.807) is 18.0 Å². The van der Waals surface area contributed by atoms with E-state index in [2.05, 4.69) is 27.4 Å². The van der Waals surface area contributed by atoms with Crippen molar-refractivity contribution in [3.05, 3.63) is 36.0 Å². The van der Waals surface area contributed by atoms with Crippen LogP contribution in [0.2, 0.25) is 0 Å². The van der Waals surface area contributed by atoms with Crippen molar-refractivity contribution in [2.75, 3.05) is 64.2 Å². The van der Waals surface area contributed by atoms with Gasteiger partial charge in [0.1, 0.15) is 11.5 Å². The number of nitrogens with one attached hydrogen (secondary N) is 2. The van der Waals surface area contributed by atoms with Gasteiger partial charge in [-0.15, -0.1) is 0 Å². The Morgan fingerprint density at radius 2 is 1.86 bits per heavy atom. The van der Waals surface area contributed by atoms with Gasteiger partial charge in [-0.05, 0) is 58.1 Å². The third-order valence-electron chi connectivity index (χ3n) is 6.14. The van der Waals surface area contributed by atoms with Crippen molar-refractivity contribution >= 4 is 23.4 Å². The van der Waals surface area contributed by atoms with E-state index >= 15 is 0 Å². The number of benzene rings is 1. The molecule has 1 saturated carbocycles. The van der Waals surface area contributed by atoms with Crippen molar-refractivity contribution < 1.29 is 14.3 Å². The lowest BCUT2D eigenvalue weighted by molar-refractivity contribution is 0.0780. The number of hydrogen-bond acceptors (Lipinski definition) is 7. The van der Waals surface area contributed by atoms with Gasteiger partial charge in [-0.3, -0.25) is 4.79 Å². The molecule has 1 aromatic carbocycles. The minimum Gasteiger partial charge on any atom is -0.377 e. The van der Waals surface area contributed by atoms with Crippen LogP contribution in [0, 0.1) is 0 Å². The molecule has 1 aliphatic heterocycles. The van der Waals surface area contributed by atoms with Gasteiger partial charge in [0.25, 0.3) is 5.91 Å². The van der Waals surface area contributed by atoms with Gasteiger partial charge in [0.05, 0.1) is 19.3 Å². The third-order valence-corrected chi connectivity index (χ3v) is 6.14. The number of urea groups is 1. The Labute approximate surface area is 206 Å². The van der Waals surface area contributed by atoms with Crippen LogP contribution in [-0.2, 0) is 4.74 Å². The Morgan fingerprint density at radius 1 is 1.11 bits per heavy atom. The molecule has 1 aromatic heterocycles. The van der Waals surface area contributed by atoms with E-state index in [4.69, 9.17) is 9.72 Å². The summed E-state index contributed by atoms with van der Waals surface area (Å²) in [6.07, 6.45) is 2.07. The summed E-state index contributed by atoms with van der Waals surface area (Å²) in [7, 11) is 5.75. The molecule has 3 amide bonds. The normalized spacial score (nSPS) is 17.9. The summed E-state index contributed by atoms with van der Waals surface area (Å²) in [5, 5.41) is 5.76. The summed E-state index contributed by atoms with van der Waals surface area (Å²) in [4.78, 5) is 40.6. The molecule has 0 spiro atoms. The molecule has 2 aromatic rings. The molecular formula is C25H35N7O3. The van der Waals surface area contributed by atoms with Gasteiger partial charge in [0.2, 0.25) is 0 Å². The molecule has 1 saturated heterocycles. The van der Waals surface area contributed by atoms with Gasteiger partial charge in [-0.1, -0.05) is 0 Å². The molecule has 0 radical (unpaired) electrons. The minimum absolute atomic E-state index is 0.137. The zero-order chi connectivity index (χ0) is 24.9. The lowest BCUT2D eigenvalue weighted by atomic mass is 10.1. The first-order chi connectivity index (χ1) is 16.8. The number of ether oxygens (including phenoxy) is 1. The third kappa shape index (κ3) is 6.67. The van der Waals surface area contributed by atoms with Crippen LogP contribution >= 0.6 is 0 Å². The minimum atomic E-state index is -0.201. The highest BCUT2D eigenvalue weighted by molar-refractivity contribution is 5.93. The Bertz CT molecular complexity index is 1040. The monoisotopic (exact) mass is 481 g/mol. The second-order valence-electron chi connectivity index (χ2n) is 9.53. The molecule has 0 unspecified atom stereocenters. The van der Waals surface area contributed by atoms with E-state index in [0.29, 0.717) is 55.4 Å². The van der Waals surface area contributed by atoms with Gasteiger partial charge in [0, 0.05) is 50.0 Å². The van der Waals surface area contributed by atoms with Crippen LogP contribution in [0.3, 0.4) is 0 Å². The highest BCUT2D eigenvalue weighted by Crippen LogP contribution is 2.25. The maximum absolute atomic E-state index is 13.2. The van der Waals surface area contributed by atoms with Crippen LogP contribution in [0.1, 0.15) is 30.3 Å². The molecule has 1 atom stereocenters. The summed E-state index contributed by atoms with van der Waals surface area (Å²) in [5.41, 5.74) is 1.81. The number of morpholine rings is 1. The van der Waals surface area contributed by atoms with E-state index in [-0.39, 0.29) is 18.0 Å². The number of aromatic nitrogens is 2. The van der Waals surface area contributed by atoms with Gasteiger partial charge in [-0.2, -0.15) is 0 Å². The molecule has 2 N–H and O–H groups in total. The number of amides is 3. The first-order valence-electron chi connectivity index (χ1n) is 12.1. The van der Waals surface area contributed by atoms with Gasteiger partial charge in [-0.25, -0.2) is 14.8 Å². The van der Waals surface area contributed by atoms with E-state index in [1.165, 1.54) is 0 Å². The van der Waals surface area contributed by atoms with Crippen LogP contribution < -0.4 is 15.5 Å². The lowest BCUT2D eigenvalue weighted by Gasteiger charge is -2.34. The van der Waals surface area contributed by atoms with Gasteiger partial charge in [0.15, 0.2) is 5.82 Å². The molecule has 2 aliphatic rings. The predicted molar refractivity (Wildman–Crippen MR) is 136 cm³/mol. The fourth-order valence-corrected chi connectivity index (χ4v) is 3.82. The fraction of sp³-hybridized carbons (Fsp3) is 0.520. The maximum Gasteiger partial charge on any atom is 0.319 e. The lowest BCUT2D eigenvalue weighted by Crippen LogP contribution is -2.44. The van der Waals surface area contributed by atoms with Crippen molar-refractivity contribution in [2.24, 2.45) is 0 Å². The quantitative estimate of drug-likeness (QED) is 0.596. The van der Waals surface area contributed by atoms with Crippen molar-refractivity contribution in [2.45, 2.75) is 31.8 Å². The number of carbonyl (C=O) groups is 2. The summed E-state index contributed by atoms with van der Waals surface area (Å²) < 4.78 is 5.59. The largest absolute Gasteiger partial charge is 0.377 e. The topological polar surface area (TPSA) is 103 Å². The van der Waals surface area contributed by atoms with Crippen LogP contribution in [0.4, 0.5) is 16.3 Å². The predicted octanol–water partition coefficient (Wildman–Crippen LogP) is 2.29. The number of carbonyl (C=O) groups excluding carboxylic acids is 2. The molecule has 35 heavy (non-hydrogen) atoms.